The Morgan fingerprint density at radius 2 is 1.76 bits per heavy atom. The number of amides is 2. The van der Waals surface area contributed by atoms with Gasteiger partial charge >= 0.3 is 18.2 Å². The molecule has 0 spiro atoms. The first-order valence-electron chi connectivity index (χ1n) is 15.5. The molecular formula is C32H37F3N8O5S. The molecule has 1 aliphatic heterocycles. The Kier molecular flexibility index (Phi) is 9.99. The number of nitrogens with zero attached hydrogens (tertiary/aromatic N) is 6. The minimum atomic E-state index is -4.71. The van der Waals surface area contributed by atoms with Crippen molar-refractivity contribution in [2.24, 2.45) is 5.41 Å². The summed E-state index contributed by atoms with van der Waals surface area (Å²) >= 11 is 0.744. The van der Waals surface area contributed by atoms with Gasteiger partial charge in [0, 0.05) is 67.2 Å². The minimum Gasteiger partial charge on any atom is -0.477 e. The number of halogens is 3. The lowest BCUT2D eigenvalue weighted by atomic mass is 9.86. The van der Waals surface area contributed by atoms with Crippen LogP contribution in [0.2, 0.25) is 0 Å². The fraction of sp³-hybridized carbons (Fsp3) is 0.438. The first-order chi connectivity index (χ1) is 23.0. The lowest BCUT2D eigenvalue weighted by molar-refractivity contribution is -0.140. The van der Waals surface area contributed by atoms with Crippen molar-refractivity contribution in [2.45, 2.75) is 39.9 Å². The quantitative estimate of drug-likeness (QED) is 0.201. The second kappa shape index (κ2) is 13.7. The normalized spacial score (nSPS) is 15.0. The van der Waals surface area contributed by atoms with Gasteiger partial charge in [-0.2, -0.15) is 13.2 Å². The zero-order chi connectivity index (χ0) is 35.8. The third-order valence-corrected chi connectivity index (χ3v) is 9.20. The Hall–Kier alpha value is -4.61. The SMILES string of the molecule is CCNC(=O)Nc1cc(-c2nc(C(F)(F)F)cs2)c(-c2cc3c(=O)c(C(=O)O)cn(C(CO)C(C)(C)C)c3nc2N2CCN(C)CC2)cn1. The minimum absolute atomic E-state index is 0.0297. The number of aromatic carboxylic acids is 1. The molecule has 2 amide bonds. The van der Waals surface area contributed by atoms with Crippen LogP contribution in [0.4, 0.5) is 29.6 Å². The third kappa shape index (κ3) is 7.38. The molecule has 1 saturated heterocycles. The first kappa shape index (κ1) is 35.7. The van der Waals surface area contributed by atoms with Crippen molar-refractivity contribution in [3.63, 3.8) is 0 Å². The maximum Gasteiger partial charge on any atom is 0.434 e. The molecule has 17 heteroatoms. The Labute approximate surface area is 283 Å². The van der Waals surface area contributed by atoms with E-state index >= 15 is 0 Å². The molecule has 5 heterocycles. The Morgan fingerprint density at radius 1 is 1.06 bits per heavy atom. The standard InChI is InChI=1S/C32H37F3N8O5S/c1-6-36-30(48)39-24-12-18(28-38-22(16-49-28)32(33,34)35)20(13-37-24)17-11-19-25(45)21(29(46)47)14-43(23(15-44)31(2,3)4)27(19)40-26(17)42-9-7-41(5)8-10-42/h11-14,16,23,44H,6-10,15H2,1-5H3,(H,46,47)(H2,36,37,39,48). The van der Waals surface area contributed by atoms with Gasteiger partial charge in [0.2, 0.25) is 5.43 Å². The number of carboxylic acids is 1. The lowest BCUT2D eigenvalue weighted by Crippen LogP contribution is -2.45. The zero-order valence-corrected chi connectivity index (χ0v) is 28.4. The highest BCUT2D eigenvalue weighted by Crippen LogP contribution is 2.42. The van der Waals surface area contributed by atoms with Crippen molar-refractivity contribution in [3.8, 4) is 21.7 Å². The number of thiazole rings is 1. The maximum atomic E-state index is 13.8. The fourth-order valence-corrected chi connectivity index (χ4v) is 6.51. The summed E-state index contributed by atoms with van der Waals surface area (Å²) in [6, 6.07) is 1.62. The van der Waals surface area contributed by atoms with E-state index in [1.165, 1.54) is 29.1 Å². The molecular weight excluding hydrogens is 665 g/mol. The molecule has 49 heavy (non-hydrogen) atoms. The molecule has 0 aromatic carbocycles. The molecule has 1 unspecified atom stereocenters. The highest BCUT2D eigenvalue weighted by molar-refractivity contribution is 7.13. The molecule has 1 fully saturated rings. The molecule has 1 aliphatic rings. The summed E-state index contributed by atoms with van der Waals surface area (Å²) in [5, 5.41) is 26.4. The predicted molar refractivity (Wildman–Crippen MR) is 180 cm³/mol. The predicted octanol–water partition coefficient (Wildman–Crippen LogP) is 4.77. The molecule has 0 radical (unpaired) electrons. The third-order valence-electron chi connectivity index (χ3n) is 8.32. The van der Waals surface area contributed by atoms with Crippen LogP contribution in [0, 0.1) is 5.41 Å². The summed E-state index contributed by atoms with van der Waals surface area (Å²) < 4.78 is 42.6. The van der Waals surface area contributed by atoms with E-state index in [4.69, 9.17) is 4.98 Å². The largest absolute Gasteiger partial charge is 0.477 e. The van der Waals surface area contributed by atoms with Gasteiger partial charge in [0.05, 0.1) is 18.0 Å². The van der Waals surface area contributed by atoms with Gasteiger partial charge in [0.1, 0.15) is 27.9 Å². The number of anilines is 2. The van der Waals surface area contributed by atoms with Crippen LogP contribution in [-0.4, -0.2) is 93.0 Å². The second-order valence-corrected chi connectivity index (χ2v) is 13.7. The molecule has 1 atom stereocenters. The van der Waals surface area contributed by atoms with E-state index in [1.807, 2.05) is 32.7 Å². The number of nitrogens with one attached hydrogen (secondary N) is 2. The molecule has 13 nitrogen and oxygen atoms in total. The summed E-state index contributed by atoms with van der Waals surface area (Å²) in [5.41, 5.74) is -2.17. The van der Waals surface area contributed by atoms with Crippen molar-refractivity contribution < 1.29 is 33.0 Å². The van der Waals surface area contributed by atoms with Gasteiger partial charge in [0.15, 0.2) is 5.69 Å². The van der Waals surface area contributed by atoms with E-state index in [2.05, 4.69) is 25.5 Å². The van der Waals surface area contributed by atoms with Crippen molar-refractivity contribution in [1.82, 2.24) is 29.7 Å². The molecule has 262 valence electrons. The summed E-state index contributed by atoms with van der Waals surface area (Å²) in [7, 11) is 1.97. The number of alkyl halides is 3. The highest BCUT2D eigenvalue weighted by atomic mass is 32.1. The van der Waals surface area contributed by atoms with Crippen LogP contribution in [0.25, 0.3) is 32.7 Å². The van der Waals surface area contributed by atoms with E-state index < -0.39 is 46.3 Å². The van der Waals surface area contributed by atoms with Gasteiger partial charge < -0.3 is 29.9 Å². The number of likely N-dealkylation sites (N-methyl/N-ethyl adjacent to an activating group) is 1. The van der Waals surface area contributed by atoms with E-state index in [1.54, 1.807) is 6.92 Å². The first-order valence-corrected chi connectivity index (χ1v) is 16.4. The molecule has 0 aliphatic carbocycles. The summed E-state index contributed by atoms with van der Waals surface area (Å²) in [6.07, 6.45) is -2.16. The number of aliphatic hydroxyl groups is 1. The number of aliphatic hydroxyl groups excluding tert-OH is 1. The summed E-state index contributed by atoms with van der Waals surface area (Å²) in [5.74, 6) is -1.06. The maximum absolute atomic E-state index is 13.8. The molecule has 4 N–H and O–H groups in total. The van der Waals surface area contributed by atoms with Crippen LogP contribution < -0.4 is 21.0 Å². The van der Waals surface area contributed by atoms with Crippen LogP contribution in [0.3, 0.4) is 0 Å². The molecule has 4 aromatic rings. The van der Waals surface area contributed by atoms with Crippen LogP contribution in [0.1, 0.15) is 49.8 Å². The van der Waals surface area contributed by atoms with Crippen LogP contribution >= 0.6 is 11.3 Å². The number of hydrogen-bond acceptors (Lipinski definition) is 10. The Morgan fingerprint density at radius 3 is 2.33 bits per heavy atom. The summed E-state index contributed by atoms with van der Waals surface area (Å²) in [6.45, 7) is 9.60. The number of aromatic nitrogens is 4. The average molecular weight is 703 g/mol. The fourth-order valence-electron chi connectivity index (χ4n) is 5.65. The number of piperazine rings is 1. The van der Waals surface area contributed by atoms with Gasteiger partial charge in [-0.3, -0.25) is 10.1 Å². The van der Waals surface area contributed by atoms with Crippen molar-refractivity contribution in [3.05, 3.63) is 51.4 Å². The van der Waals surface area contributed by atoms with Gasteiger partial charge in [-0.15, -0.1) is 11.3 Å². The van der Waals surface area contributed by atoms with Gasteiger partial charge in [-0.25, -0.2) is 24.5 Å². The topological polar surface area (TPSA) is 166 Å². The van der Waals surface area contributed by atoms with E-state index in [9.17, 15) is 37.8 Å². The van der Waals surface area contributed by atoms with E-state index in [-0.39, 0.29) is 39.6 Å². The number of pyridine rings is 3. The second-order valence-electron chi connectivity index (χ2n) is 12.8. The highest BCUT2D eigenvalue weighted by Gasteiger charge is 2.35. The van der Waals surface area contributed by atoms with Gasteiger partial charge in [-0.1, -0.05) is 20.8 Å². The average Bonchev–Trinajstić information content (AvgIpc) is 3.53. The van der Waals surface area contributed by atoms with Gasteiger partial charge in [0.25, 0.3) is 0 Å². The van der Waals surface area contributed by atoms with Gasteiger partial charge in [-0.05, 0) is 31.5 Å². The van der Waals surface area contributed by atoms with Crippen molar-refractivity contribution in [2.75, 3.05) is 56.6 Å². The van der Waals surface area contributed by atoms with Crippen LogP contribution in [0.15, 0.2) is 34.7 Å². The van der Waals surface area contributed by atoms with Crippen LogP contribution in [-0.2, 0) is 6.18 Å². The number of carbonyl (C=O) groups is 2. The Balaban J connectivity index is 1.86. The number of fused-ring (bicyclic) bond motifs is 1. The number of rotatable bonds is 8. The molecule has 4 aromatic heterocycles. The zero-order valence-electron chi connectivity index (χ0n) is 27.6. The molecule has 5 rings (SSSR count). The molecule has 0 saturated carbocycles. The van der Waals surface area contributed by atoms with E-state index in [0.29, 0.717) is 44.1 Å². The monoisotopic (exact) mass is 702 g/mol. The number of carbonyl (C=O) groups excluding carboxylic acids is 1. The van der Waals surface area contributed by atoms with Crippen molar-refractivity contribution >= 4 is 46.0 Å². The number of hydrogen-bond donors (Lipinski definition) is 4. The Bertz CT molecular complexity index is 1950. The number of urea groups is 1. The molecule has 0 bridgehead atoms. The van der Waals surface area contributed by atoms with Crippen molar-refractivity contribution in [1.29, 1.82) is 0 Å². The van der Waals surface area contributed by atoms with Crippen LogP contribution in [0.5, 0.6) is 0 Å². The smallest absolute Gasteiger partial charge is 0.434 e. The van der Waals surface area contributed by atoms with E-state index in [0.717, 1.165) is 16.7 Å². The summed E-state index contributed by atoms with van der Waals surface area (Å²) in [4.78, 5) is 55.8. The lowest BCUT2D eigenvalue weighted by Gasteiger charge is -2.35. The number of carboxylic acid groups (broad SMARTS) is 1.